The van der Waals surface area contributed by atoms with E-state index >= 15 is 0 Å². The van der Waals surface area contributed by atoms with Gasteiger partial charge in [-0.2, -0.15) is 0 Å². The maximum absolute atomic E-state index is 12.4. The minimum atomic E-state index is -4.77. The summed E-state index contributed by atoms with van der Waals surface area (Å²) in [6.07, 6.45) is -4.64. The van der Waals surface area contributed by atoms with Crippen molar-refractivity contribution in [2.24, 2.45) is 0 Å². The Balaban J connectivity index is 2.16. The van der Waals surface area contributed by atoms with Crippen LogP contribution in [0.1, 0.15) is 28.3 Å². The highest BCUT2D eigenvalue weighted by atomic mass is 32.1. The fraction of sp³-hybridized carbons (Fsp3) is 0.333. The molecule has 1 unspecified atom stereocenters. The maximum Gasteiger partial charge on any atom is 0.573 e. The molecule has 0 bridgehead atoms. The van der Waals surface area contributed by atoms with Crippen LogP contribution in [0.2, 0.25) is 0 Å². The molecule has 0 amide bonds. The molecule has 1 aromatic heterocycles. The third-order valence-corrected chi connectivity index (χ3v) is 4.22. The van der Waals surface area contributed by atoms with E-state index in [1.54, 1.807) is 17.4 Å². The summed E-state index contributed by atoms with van der Waals surface area (Å²) in [5.74, 6) is -0.357. The summed E-state index contributed by atoms with van der Waals surface area (Å²) in [5.41, 5.74) is 0.140. The number of hydrogen-bond acceptors (Lipinski definition) is 3. The third-order valence-electron chi connectivity index (χ3n) is 2.96. The lowest BCUT2D eigenvalue weighted by Gasteiger charge is -2.16. The van der Waals surface area contributed by atoms with E-state index in [1.807, 2.05) is 19.1 Å². The van der Waals surface area contributed by atoms with Crippen molar-refractivity contribution in [3.63, 3.8) is 0 Å². The predicted octanol–water partition coefficient (Wildman–Crippen LogP) is 4.49. The lowest BCUT2D eigenvalue weighted by atomic mass is 10.0. The molecule has 1 atom stereocenters. The quantitative estimate of drug-likeness (QED) is 0.881. The van der Waals surface area contributed by atoms with E-state index in [0.29, 0.717) is 0 Å². The SMILES string of the molecule is CCc1ccc(CC(O)c2ccccc2OC(F)(F)F)s1. The average Bonchev–Trinajstić information content (AvgIpc) is 2.85. The number of rotatable bonds is 5. The Kier molecular flexibility index (Phi) is 4.90. The molecule has 114 valence electrons. The molecule has 0 saturated heterocycles. The van der Waals surface area contributed by atoms with Crippen LogP contribution in [0.15, 0.2) is 36.4 Å². The number of alkyl halides is 3. The summed E-state index contributed by atoms with van der Waals surface area (Å²) >= 11 is 1.55. The van der Waals surface area contributed by atoms with E-state index in [4.69, 9.17) is 0 Å². The van der Waals surface area contributed by atoms with Crippen LogP contribution < -0.4 is 4.74 Å². The van der Waals surface area contributed by atoms with Crippen LogP contribution in [0.5, 0.6) is 5.75 Å². The molecule has 2 nitrogen and oxygen atoms in total. The Labute approximate surface area is 124 Å². The van der Waals surface area contributed by atoms with Crippen molar-refractivity contribution < 1.29 is 23.0 Å². The second kappa shape index (κ2) is 6.49. The van der Waals surface area contributed by atoms with Crippen molar-refractivity contribution in [1.29, 1.82) is 0 Å². The van der Waals surface area contributed by atoms with Gasteiger partial charge in [0.15, 0.2) is 0 Å². The summed E-state index contributed by atoms with van der Waals surface area (Å²) in [7, 11) is 0. The minimum Gasteiger partial charge on any atom is -0.405 e. The van der Waals surface area contributed by atoms with Crippen molar-refractivity contribution in [3.05, 3.63) is 51.7 Å². The number of aryl methyl sites for hydroxylation is 1. The Morgan fingerprint density at radius 1 is 1.14 bits per heavy atom. The van der Waals surface area contributed by atoms with Crippen molar-refractivity contribution in [2.75, 3.05) is 0 Å². The lowest BCUT2D eigenvalue weighted by molar-refractivity contribution is -0.275. The second-order valence-corrected chi connectivity index (χ2v) is 5.78. The molecular weight excluding hydrogens is 301 g/mol. The standard InChI is InChI=1S/C15H15F3O2S/c1-2-10-7-8-11(21-10)9-13(19)12-5-3-4-6-14(12)20-15(16,17)18/h3-8,13,19H,2,9H2,1H3. The fourth-order valence-electron chi connectivity index (χ4n) is 2.00. The van der Waals surface area contributed by atoms with Crippen LogP contribution in [-0.2, 0) is 12.8 Å². The normalized spacial score (nSPS) is 13.2. The third kappa shape index (κ3) is 4.47. The second-order valence-electron chi connectivity index (χ2n) is 4.53. The molecule has 0 spiro atoms. The molecule has 21 heavy (non-hydrogen) atoms. The topological polar surface area (TPSA) is 29.5 Å². The summed E-state index contributed by atoms with van der Waals surface area (Å²) in [4.78, 5) is 2.11. The van der Waals surface area contributed by atoms with Crippen molar-refractivity contribution in [3.8, 4) is 5.75 Å². The lowest BCUT2D eigenvalue weighted by Crippen LogP contribution is -2.19. The Morgan fingerprint density at radius 3 is 2.43 bits per heavy atom. The molecule has 2 rings (SSSR count). The van der Waals surface area contributed by atoms with Crippen LogP contribution in [0.3, 0.4) is 0 Å². The molecule has 0 radical (unpaired) electrons. The van der Waals surface area contributed by atoms with Crippen molar-refractivity contribution >= 4 is 11.3 Å². The van der Waals surface area contributed by atoms with E-state index in [2.05, 4.69) is 4.74 Å². The number of halogens is 3. The molecule has 0 aliphatic rings. The van der Waals surface area contributed by atoms with Crippen LogP contribution in [0.4, 0.5) is 13.2 Å². The van der Waals surface area contributed by atoms with Gasteiger partial charge in [0.2, 0.25) is 0 Å². The van der Waals surface area contributed by atoms with E-state index in [1.165, 1.54) is 23.1 Å². The van der Waals surface area contributed by atoms with E-state index in [-0.39, 0.29) is 17.7 Å². The van der Waals surface area contributed by atoms with Gasteiger partial charge < -0.3 is 9.84 Å². The van der Waals surface area contributed by atoms with Gasteiger partial charge in [0, 0.05) is 21.7 Å². The van der Waals surface area contributed by atoms with E-state index < -0.39 is 12.5 Å². The van der Waals surface area contributed by atoms with Crippen molar-refractivity contribution in [2.45, 2.75) is 32.2 Å². The molecule has 0 aliphatic carbocycles. The molecule has 1 N–H and O–H groups in total. The number of benzene rings is 1. The zero-order chi connectivity index (χ0) is 15.5. The zero-order valence-electron chi connectivity index (χ0n) is 11.4. The summed E-state index contributed by atoms with van der Waals surface area (Å²) in [6.45, 7) is 2.03. The first kappa shape index (κ1) is 15.9. The summed E-state index contributed by atoms with van der Waals surface area (Å²) in [6, 6.07) is 9.52. The van der Waals surface area contributed by atoms with Gasteiger partial charge in [0.05, 0.1) is 6.10 Å². The van der Waals surface area contributed by atoms with Gasteiger partial charge in [-0.05, 0) is 24.6 Å². The Morgan fingerprint density at radius 2 is 1.81 bits per heavy atom. The largest absolute Gasteiger partial charge is 0.573 e. The van der Waals surface area contributed by atoms with E-state index in [9.17, 15) is 18.3 Å². The van der Waals surface area contributed by atoms with Gasteiger partial charge in [-0.1, -0.05) is 25.1 Å². The number of aliphatic hydroxyl groups is 1. The smallest absolute Gasteiger partial charge is 0.405 e. The molecule has 0 saturated carbocycles. The Bertz CT molecular complexity index is 593. The highest BCUT2D eigenvalue weighted by Gasteiger charge is 2.32. The summed E-state index contributed by atoms with van der Waals surface area (Å²) in [5, 5.41) is 10.2. The zero-order valence-corrected chi connectivity index (χ0v) is 12.2. The first-order valence-corrected chi connectivity index (χ1v) is 7.31. The molecule has 0 aliphatic heterocycles. The van der Waals surface area contributed by atoms with Crippen molar-refractivity contribution in [1.82, 2.24) is 0 Å². The highest BCUT2D eigenvalue weighted by Crippen LogP contribution is 2.32. The monoisotopic (exact) mass is 316 g/mol. The summed E-state index contributed by atoms with van der Waals surface area (Å²) < 4.78 is 41.0. The first-order chi connectivity index (χ1) is 9.89. The highest BCUT2D eigenvalue weighted by molar-refractivity contribution is 7.11. The van der Waals surface area contributed by atoms with Crippen LogP contribution in [0, 0.1) is 0 Å². The fourth-order valence-corrected chi connectivity index (χ4v) is 2.99. The molecule has 1 aromatic carbocycles. The molecule has 2 aromatic rings. The van der Waals surface area contributed by atoms with Gasteiger partial charge in [-0.25, -0.2) is 0 Å². The van der Waals surface area contributed by atoms with Crippen LogP contribution >= 0.6 is 11.3 Å². The average molecular weight is 316 g/mol. The first-order valence-electron chi connectivity index (χ1n) is 6.49. The Hall–Kier alpha value is -1.53. The number of para-hydroxylation sites is 1. The predicted molar refractivity (Wildman–Crippen MR) is 75.5 cm³/mol. The molecule has 6 heteroatoms. The van der Waals surface area contributed by atoms with Gasteiger partial charge in [0.25, 0.3) is 0 Å². The van der Waals surface area contributed by atoms with Gasteiger partial charge in [-0.3, -0.25) is 0 Å². The molecule has 0 fully saturated rings. The van der Waals surface area contributed by atoms with Gasteiger partial charge in [-0.15, -0.1) is 24.5 Å². The number of ether oxygens (including phenoxy) is 1. The molecular formula is C15H15F3O2S. The van der Waals surface area contributed by atoms with Gasteiger partial charge in [0.1, 0.15) is 5.75 Å². The van der Waals surface area contributed by atoms with E-state index in [0.717, 1.165) is 11.3 Å². The van der Waals surface area contributed by atoms with Crippen LogP contribution in [0.25, 0.3) is 0 Å². The maximum atomic E-state index is 12.4. The number of aliphatic hydroxyl groups excluding tert-OH is 1. The number of thiophene rings is 1. The van der Waals surface area contributed by atoms with Crippen LogP contribution in [-0.4, -0.2) is 11.5 Å². The molecule has 1 heterocycles. The minimum absolute atomic E-state index is 0.140. The van der Waals surface area contributed by atoms with Gasteiger partial charge >= 0.3 is 6.36 Å². The number of hydrogen-bond donors (Lipinski definition) is 1.